The minimum Gasteiger partial charge on any atom is -0.346 e. The van der Waals surface area contributed by atoms with Gasteiger partial charge in [0, 0.05) is 18.0 Å². The van der Waals surface area contributed by atoms with Gasteiger partial charge >= 0.3 is 0 Å². The Morgan fingerprint density at radius 2 is 1.77 bits per heavy atom. The number of hydrogen-bond acceptors (Lipinski definition) is 3. The van der Waals surface area contributed by atoms with Gasteiger partial charge in [0.1, 0.15) is 5.69 Å². The summed E-state index contributed by atoms with van der Waals surface area (Å²) in [5.41, 5.74) is 6.52. The molecule has 4 aromatic rings. The van der Waals surface area contributed by atoms with Crippen LogP contribution in [0.15, 0.2) is 79.1 Å². The van der Waals surface area contributed by atoms with Gasteiger partial charge in [0.15, 0.2) is 0 Å². The van der Waals surface area contributed by atoms with Gasteiger partial charge in [0.25, 0.3) is 5.91 Å². The predicted octanol–water partition coefficient (Wildman–Crippen LogP) is 4.54. The molecule has 5 nitrogen and oxygen atoms in total. The van der Waals surface area contributed by atoms with Crippen molar-refractivity contribution in [2.24, 2.45) is 0 Å². The number of nitrogens with one attached hydrogen (secondary N) is 1. The lowest BCUT2D eigenvalue weighted by Gasteiger charge is -2.07. The third kappa shape index (κ3) is 4.46. The standard InChI is InChI=1S/C25H24N4O/c1-18-11-12-21(14-19(18)2)24-23(25(30)27-15-22-10-6-7-13-26-22)17-29(28-24)16-20-8-4-3-5-9-20/h3-14,17H,15-16H2,1-2H3,(H,27,30). The fourth-order valence-electron chi connectivity index (χ4n) is 3.31. The Balaban J connectivity index is 1.65. The summed E-state index contributed by atoms with van der Waals surface area (Å²) in [7, 11) is 0. The molecule has 2 aromatic carbocycles. The third-order valence-corrected chi connectivity index (χ3v) is 5.13. The minimum absolute atomic E-state index is 0.159. The van der Waals surface area contributed by atoms with E-state index in [1.807, 2.05) is 53.3 Å². The first-order chi connectivity index (χ1) is 14.6. The Hall–Kier alpha value is -3.73. The van der Waals surface area contributed by atoms with Crippen molar-refractivity contribution in [2.75, 3.05) is 0 Å². The van der Waals surface area contributed by atoms with E-state index in [-0.39, 0.29) is 5.91 Å². The Labute approximate surface area is 176 Å². The summed E-state index contributed by atoms with van der Waals surface area (Å²) < 4.78 is 1.83. The number of rotatable bonds is 6. The number of amides is 1. The van der Waals surface area contributed by atoms with E-state index >= 15 is 0 Å². The summed E-state index contributed by atoms with van der Waals surface area (Å²) in [4.78, 5) is 17.3. The van der Waals surface area contributed by atoms with Crippen molar-refractivity contribution in [3.8, 4) is 11.3 Å². The molecule has 1 N–H and O–H groups in total. The molecule has 30 heavy (non-hydrogen) atoms. The highest BCUT2D eigenvalue weighted by Crippen LogP contribution is 2.25. The molecule has 0 unspecified atom stereocenters. The van der Waals surface area contributed by atoms with E-state index in [1.165, 1.54) is 11.1 Å². The lowest BCUT2D eigenvalue weighted by Crippen LogP contribution is -2.23. The van der Waals surface area contributed by atoms with Gasteiger partial charge < -0.3 is 5.32 Å². The number of nitrogens with zero attached hydrogens (tertiary/aromatic N) is 3. The molecule has 1 amide bonds. The van der Waals surface area contributed by atoms with Gasteiger partial charge in [0.05, 0.1) is 24.3 Å². The second-order valence-corrected chi connectivity index (χ2v) is 7.38. The van der Waals surface area contributed by atoms with Gasteiger partial charge in [-0.3, -0.25) is 14.5 Å². The topological polar surface area (TPSA) is 59.8 Å². The maximum atomic E-state index is 13.0. The fourth-order valence-corrected chi connectivity index (χ4v) is 3.31. The van der Waals surface area contributed by atoms with Crippen LogP contribution in [0.4, 0.5) is 0 Å². The second-order valence-electron chi connectivity index (χ2n) is 7.38. The highest BCUT2D eigenvalue weighted by atomic mass is 16.1. The van der Waals surface area contributed by atoms with Crippen LogP contribution in [-0.4, -0.2) is 20.7 Å². The van der Waals surface area contributed by atoms with E-state index in [4.69, 9.17) is 5.10 Å². The quantitative estimate of drug-likeness (QED) is 0.520. The largest absolute Gasteiger partial charge is 0.346 e. The van der Waals surface area contributed by atoms with E-state index in [9.17, 15) is 4.79 Å². The zero-order valence-corrected chi connectivity index (χ0v) is 17.2. The zero-order valence-electron chi connectivity index (χ0n) is 17.2. The molecule has 0 fully saturated rings. The molecule has 0 saturated carbocycles. The van der Waals surface area contributed by atoms with Crippen LogP contribution in [-0.2, 0) is 13.1 Å². The molecule has 2 aromatic heterocycles. The first kappa shape index (κ1) is 19.6. The number of pyridine rings is 1. The molecular weight excluding hydrogens is 372 g/mol. The van der Waals surface area contributed by atoms with E-state index < -0.39 is 0 Å². The summed E-state index contributed by atoms with van der Waals surface area (Å²) in [5.74, 6) is -0.159. The molecule has 0 aliphatic carbocycles. The Bertz CT molecular complexity index is 1150. The lowest BCUT2D eigenvalue weighted by molar-refractivity contribution is 0.0951. The predicted molar refractivity (Wildman–Crippen MR) is 118 cm³/mol. The number of hydrogen-bond donors (Lipinski definition) is 1. The monoisotopic (exact) mass is 396 g/mol. The number of aromatic nitrogens is 3. The van der Waals surface area contributed by atoms with E-state index in [2.05, 4.69) is 48.4 Å². The van der Waals surface area contributed by atoms with Crippen LogP contribution in [0.3, 0.4) is 0 Å². The first-order valence-electron chi connectivity index (χ1n) is 9.97. The number of benzene rings is 2. The molecule has 0 atom stereocenters. The summed E-state index contributed by atoms with van der Waals surface area (Å²) in [6, 6.07) is 21.9. The van der Waals surface area contributed by atoms with Crippen LogP contribution in [0.25, 0.3) is 11.3 Å². The van der Waals surface area contributed by atoms with Crippen LogP contribution in [0.5, 0.6) is 0 Å². The van der Waals surface area contributed by atoms with Crippen molar-refractivity contribution in [3.05, 3.63) is 107 Å². The maximum absolute atomic E-state index is 13.0. The zero-order chi connectivity index (χ0) is 20.9. The fraction of sp³-hybridized carbons (Fsp3) is 0.160. The van der Waals surface area contributed by atoms with Crippen LogP contribution in [0, 0.1) is 13.8 Å². The number of carbonyl (C=O) groups is 1. The molecule has 0 aliphatic heterocycles. The third-order valence-electron chi connectivity index (χ3n) is 5.13. The number of aryl methyl sites for hydroxylation is 2. The Morgan fingerprint density at radius 3 is 2.50 bits per heavy atom. The lowest BCUT2D eigenvalue weighted by atomic mass is 10.0. The van der Waals surface area contributed by atoms with Crippen molar-refractivity contribution in [1.82, 2.24) is 20.1 Å². The van der Waals surface area contributed by atoms with Gasteiger partial charge in [-0.05, 0) is 48.7 Å². The summed E-state index contributed by atoms with van der Waals surface area (Å²) in [6.07, 6.45) is 3.55. The molecular formula is C25H24N4O. The van der Waals surface area contributed by atoms with Crippen molar-refractivity contribution in [2.45, 2.75) is 26.9 Å². The average molecular weight is 396 g/mol. The molecule has 150 valence electrons. The Morgan fingerprint density at radius 1 is 0.967 bits per heavy atom. The van der Waals surface area contributed by atoms with E-state index in [0.717, 1.165) is 16.8 Å². The molecule has 0 aliphatic rings. The van der Waals surface area contributed by atoms with Crippen molar-refractivity contribution >= 4 is 5.91 Å². The highest BCUT2D eigenvalue weighted by Gasteiger charge is 2.18. The van der Waals surface area contributed by atoms with Gasteiger partial charge in [0.2, 0.25) is 0 Å². The normalized spacial score (nSPS) is 10.7. The Kier molecular flexibility index (Phi) is 5.70. The van der Waals surface area contributed by atoms with Crippen LogP contribution >= 0.6 is 0 Å². The summed E-state index contributed by atoms with van der Waals surface area (Å²) in [6.45, 7) is 5.12. The van der Waals surface area contributed by atoms with Gasteiger partial charge in [-0.2, -0.15) is 5.10 Å². The molecule has 5 heteroatoms. The second kappa shape index (κ2) is 8.74. The molecule has 0 spiro atoms. The van der Waals surface area contributed by atoms with Crippen LogP contribution in [0.1, 0.15) is 32.7 Å². The SMILES string of the molecule is Cc1ccc(-c2nn(Cc3ccccc3)cc2C(=O)NCc2ccccn2)cc1C. The molecule has 0 saturated heterocycles. The molecule has 4 rings (SSSR count). The first-order valence-corrected chi connectivity index (χ1v) is 9.97. The minimum atomic E-state index is -0.159. The van der Waals surface area contributed by atoms with Crippen molar-refractivity contribution < 1.29 is 4.79 Å². The van der Waals surface area contributed by atoms with Gasteiger partial charge in [-0.1, -0.05) is 48.5 Å². The smallest absolute Gasteiger partial charge is 0.255 e. The molecule has 0 radical (unpaired) electrons. The molecule has 0 bridgehead atoms. The van der Waals surface area contributed by atoms with Crippen molar-refractivity contribution in [3.63, 3.8) is 0 Å². The highest BCUT2D eigenvalue weighted by molar-refractivity contribution is 5.99. The van der Waals surface area contributed by atoms with Gasteiger partial charge in [-0.25, -0.2) is 0 Å². The van der Waals surface area contributed by atoms with E-state index in [1.54, 1.807) is 6.20 Å². The van der Waals surface area contributed by atoms with Crippen LogP contribution in [0.2, 0.25) is 0 Å². The van der Waals surface area contributed by atoms with E-state index in [0.29, 0.717) is 24.3 Å². The number of carbonyl (C=O) groups excluding carboxylic acids is 1. The molecule has 2 heterocycles. The summed E-state index contributed by atoms with van der Waals surface area (Å²) >= 11 is 0. The van der Waals surface area contributed by atoms with Crippen LogP contribution < -0.4 is 5.32 Å². The maximum Gasteiger partial charge on any atom is 0.255 e. The van der Waals surface area contributed by atoms with Crippen molar-refractivity contribution in [1.29, 1.82) is 0 Å². The average Bonchev–Trinajstić information content (AvgIpc) is 3.19. The summed E-state index contributed by atoms with van der Waals surface area (Å²) in [5, 5.41) is 7.74. The van der Waals surface area contributed by atoms with Gasteiger partial charge in [-0.15, -0.1) is 0 Å².